The highest BCUT2D eigenvalue weighted by Gasteiger charge is 2.31. The lowest BCUT2D eigenvalue weighted by molar-refractivity contribution is 0.160. The number of pyridine rings is 2. The second kappa shape index (κ2) is 9.14. The molecular weight excluding hydrogens is 458 g/mol. The molecule has 1 fully saturated rings. The van der Waals surface area contributed by atoms with Crippen LogP contribution in [0.2, 0.25) is 0 Å². The van der Waals surface area contributed by atoms with E-state index in [1.807, 2.05) is 24.5 Å². The zero-order valence-electron chi connectivity index (χ0n) is 21.5. The van der Waals surface area contributed by atoms with E-state index in [0.29, 0.717) is 12.0 Å². The van der Waals surface area contributed by atoms with Gasteiger partial charge in [-0.15, -0.1) is 0 Å². The number of methoxy groups -OCH3 is 1. The Balaban J connectivity index is 1.27. The molecule has 1 unspecified atom stereocenters. The van der Waals surface area contributed by atoms with E-state index >= 15 is 0 Å². The standard InChI is InChI=1S/C32H33N3O2/c1-37-27-10-8-22-7-9-26(15-24(22)16-27)34-14-12-31-25(20-34)17-30(32(36)35(31)19-21-5-6-21)29-4-2-3-23-18-33-13-11-28(23)29/h2-4,8,10-11,13,16-18,21,26H,5-7,9,12,14-15,19-20H2,1H3. The summed E-state index contributed by atoms with van der Waals surface area (Å²) in [5, 5.41) is 2.17. The number of aryl methyl sites for hydroxylation is 1. The molecule has 5 heteroatoms. The van der Waals surface area contributed by atoms with Gasteiger partial charge < -0.3 is 9.30 Å². The molecule has 0 bridgehead atoms. The van der Waals surface area contributed by atoms with E-state index in [1.165, 1.54) is 41.6 Å². The first kappa shape index (κ1) is 22.7. The first-order valence-electron chi connectivity index (χ1n) is 13.7. The Labute approximate surface area is 217 Å². The van der Waals surface area contributed by atoms with E-state index in [0.717, 1.165) is 66.5 Å². The summed E-state index contributed by atoms with van der Waals surface area (Å²) in [5.41, 5.74) is 7.48. The van der Waals surface area contributed by atoms with E-state index in [-0.39, 0.29) is 5.56 Å². The van der Waals surface area contributed by atoms with E-state index in [1.54, 1.807) is 7.11 Å². The molecule has 1 aliphatic heterocycles. The fourth-order valence-corrected chi connectivity index (χ4v) is 6.51. The highest BCUT2D eigenvalue weighted by Crippen LogP contribution is 2.35. The summed E-state index contributed by atoms with van der Waals surface area (Å²) in [6.07, 6.45) is 10.5. The number of hydrogen-bond acceptors (Lipinski definition) is 4. The number of rotatable bonds is 5. The molecule has 4 aromatic rings. The fourth-order valence-electron chi connectivity index (χ4n) is 6.51. The van der Waals surface area contributed by atoms with Gasteiger partial charge in [0, 0.05) is 61.1 Å². The first-order valence-corrected chi connectivity index (χ1v) is 13.7. The lowest BCUT2D eigenvalue weighted by Gasteiger charge is -2.39. The fraction of sp³-hybridized carbons (Fsp3) is 0.375. The van der Waals surface area contributed by atoms with Gasteiger partial charge in [0.05, 0.1) is 7.11 Å². The number of aromatic nitrogens is 2. The normalized spacial score (nSPS) is 19.4. The molecule has 3 heterocycles. The number of fused-ring (bicyclic) bond motifs is 3. The van der Waals surface area contributed by atoms with Gasteiger partial charge in [-0.25, -0.2) is 0 Å². The lowest BCUT2D eigenvalue weighted by Crippen LogP contribution is -2.44. The Morgan fingerprint density at radius 3 is 2.76 bits per heavy atom. The second-order valence-electron chi connectivity index (χ2n) is 11.0. The van der Waals surface area contributed by atoms with Crippen molar-refractivity contribution in [2.45, 2.75) is 57.7 Å². The molecule has 0 N–H and O–H groups in total. The van der Waals surface area contributed by atoms with Crippen molar-refractivity contribution in [2.24, 2.45) is 5.92 Å². The topological polar surface area (TPSA) is 47.4 Å². The van der Waals surface area contributed by atoms with Crippen LogP contribution in [0.1, 0.15) is 41.6 Å². The summed E-state index contributed by atoms with van der Waals surface area (Å²) in [6.45, 7) is 2.78. The van der Waals surface area contributed by atoms with Gasteiger partial charge in [0.1, 0.15) is 5.75 Å². The molecule has 0 spiro atoms. The molecule has 0 amide bonds. The van der Waals surface area contributed by atoms with E-state index < -0.39 is 0 Å². The highest BCUT2D eigenvalue weighted by molar-refractivity contribution is 5.96. The van der Waals surface area contributed by atoms with Crippen LogP contribution in [0.4, 0.5) is 0 Å². The maximum Gasteiger partial charge on any atom is 0.258 e. The molecule has 3 aliphatic rings. The molecule has 1 saturated carbocycles. The summed E-state index contributed by atoms with van der Waals surface area (Å²) in [6, 6.07) is 17.5. The molecule has 188 valence electrons. The molecule has 2 aromatic carbocycles. The average molecular weight is 492 g/mol. The van der Waals surface area contributed by atoms with Crippen molar-refractivity contribution in [3.05, 3.63) is 93.7 Å². The van der Waals surface area contributed by atoms with Crippen LogP contribution in [0.15, 0.2) is 65.7 Å². The Morgan fingerprint density at radius 2 is 1.89 bits per heavy atom. The van der Waals surface area contributed by atoms with Crippen LogP contribution < -0.4 is 10.3 Å². The van der Waals surface area contributed by atoms with Gasteiger partial charge in [-0.3, -0.25) is 14.7 Å². The van der Waals surface area contributed by atoms with E-state index in [9.17, 15) is 4.79 Å². The van der Waals surface area contributed by atoms with E-state index in [2.05, 4.69) is 50.8 Å². The highest BCUT2D eigenvalue weighted by atomic mass is 16.5. The van der Waals surface area contributed by atoms with Crippen LogP contribution in [0, 0.1) is 5.92 Å². The molecule has 0 saturated heterocycles. The number of nitrogens with zero attached hydrogens (tertiary/aromatic N) is 3. The smallest absolute Gasteiger partial charge is 0.258 e. The predicted molar refractivity (Wildman–Crippen MR) is 147 cm³/mol. The van der Waals surface area contributed by atoms with Gasteiger partial charge in [0.25, 0.3) is 5.56 Å². The third kappa shape index (κ3) is 4.15. The molecular formula is C32H33N3O2. The Hall–Kier alpha value is -3.44. The minimum absolute atomic E-state index is 0.169. The predicted octanol–water partition coefficient (Wildman–Crippen LogP) is 5.40. The third-order valence-corrected chi connectivity index (χ3v) is 8.74. The largest absolute Gasteiger partial charge is 0.497 e. The van der Waals surface area contributed by atoms with Gasteiger partial charge in [0.2, 0.25) is 0 Å². The molecule has 37 heavy (non-hydrogen) atoms. The van der Waals surface area contributed by atoms with Crippen molar-refractivity contribution in [1.82, 2.24) is 14.5 Å². The maximum atomic E-state index is 14.0. The summed E-state index contributed by atoms with van der Waals surface area (Å²) >= 11 is 0. The third-order valence-electron chi connectivity index (χ3n) is 8.74. The van der Waals surface area contributed by atoms with Gasteiger partial charge in [-0.2, -0.15) is 0 Å². The molecule has 2 aliphatic carbocycles. The van der Waals surface area contributed by atoms with Gasteiger partial charge in [0.15, 0.2) is 0 Å². The van der Waals surface area contributed by atoms with Crippen molar-refractivity contribution < 1.29 is 4.74 Å². The van der Waals surface area contributed by atoms with E-state index in [4.69, 9.17) is 4.74 Å². The zero-order chi connectivity index (χ0) is 24.9. The minimum Gasteiger partial charge on any atom is -0.497 e. The molecule has 7 rings (SSSR count). The first-order chi connectivity index (χ1) is 18.2. The van der Waals surface area contributed by atoms with Crippen LogP contribution in [0.5, 0.6) is 5.75 Å². The summed E-state index contributed by atoms with van der Waals surface area (Å²) in [7, 11) is 1.74. The average Bonchev–Trinajstić information content (AvgIpc) is 3.77. The quantitative estimate of drug-likeness (QED) is 0.375. The van der Waals surface area contributed by atoms with Gasteiger partial charge in [-0.05, 0) is 89.9 Å². The number of hydrogen-bond donors (Lipinski definition) is 0. The summed E-state index contributed by atoms with van der Waals surface area (Å²) < 4.78 is 7.64. The minimum atomic E-state index is 0.169. The van der Waals surface area contributed by atoms with Gasteiger partial charge >= 0.3 is 0 Å². The second-order valence-corrected chi connectivity index (χ2v) is 11.0. The SMILES string of the molecule is COc1ccc2c(c1)CC(N1CCc3c(cc(-c4cccc5cnccc45)c(=O)n3CC3CC3)C1)CC2. The lowest BCUT2D eigenvalue weighted by atomic mass is 9.86. The summed E-state index contributed by atoms with van der Waals surface area (Å²) in [5.74, 6) is 1.60. The van der Waals surface area contributed by atoms with Crippen molar-refractivity contribution in [3.8, 4) is 16.9 Å². The number of ether oxygens (including phenoxy) is 1. The van der Waals surface area contributed by atoms with Crippen molar-refractivity contribution in [2.75, 3.05) is 13.7 Å². The summed E-state index contributed by atoms with van der Waals surface area (Å²) in [4.78, 5) is 20.9. The molecule has 2 aromatic heterocycles. The van der Waals surface area contributed by atoms with Crippen LogP contribution in [0.3, 0.4) is 0 Å². The molecule has 5 nitrogen and oxygen atoms in total. The van der Waals surface area contributed by atoms with Crippen molar-refractivity contribution in [3.63, 3.8) is 0 Å². The van der Waals surface area contributed by atoms with Crippen LogP contribution >= 0.6 is 0 Å². The Kier molecular flexibility index (Phi) is 5.62. The van der Waals surface area contributed by atoms with Crippen LogP contribution in [-0.2, 0) is 32.4 Å². The molecule has 0 radical (unpaired) electrons. The van der Waals surface area contributed by atoms with Crippen molar-refractivity contribution in [1.29, 1.82) is 0 Å². The monoisotopic (exact) mass is 491 g/mol. The zero-order valence-corrected chi connectivity index (χ0v) is 21.5. The Bertz CT molecular complexity index is 1550. The van der Waals surface area contributed by atoms with Crippen LogP contribution in [0.25, 0.3) is 21.9 Å². The maximum absolute atomic E-state index is 14.0. The van der Waals surface area contributed by atoms with Gasteiger partial charge in [-0.1, -0.05) is 24.3 Å². The molecule has 1 atom stereocenters. The van der Waals surface area contributed by atoms with Crippen LogP contribution in [-0.4, -0.2) is 34.1 Å². The van der Waals surface area contributed by atoms with Crippen molar-refractivity contribution >= 4 is 10.8 Å². The number of benzene rings is 2. The Morgan fingerprint density at radius 1 is 0.973 bits per heavy atom.